The lowest BCUT2D eigenvalue weighted by Gasteiger charge is -2.19. The molecule has 0 saturated carbocycles. The molecule has 2 aromatic rings. The zero-order valence-corrected chi connectivity index (χ0v) is 17.4. The zero-order chi connectivity index (χ0) is 19.9. The van der Waals surface area contributed by atoms with Gasteiger partial charge in [0.1, 0.15) is 5.82 Å². The van der Waals surface area contributed by atoms with Gasteiger partial charge in [-0.3, -0.25) is 9.59 Å². The van der Waals surface area contributed by atoms with Crippen LogP contribution in [-0.2, 0) is 16.1 Å². The van der Waals surface area contributed by atoms with Gasteiger partial charge >= 0.3 is 0 Å². The van der Waals surface area contributed by atoms with Gasteiger partial charge < -0.3 is 9.47 Å². The molecule has 0 N–H and O–H groups in total. The van der Waals surface area contributed by atoms with Crippen LogP contribution in [0.2, 0.25) is 0 Å². The first-order valence-electron chi connectivity index (χ1n) is 9.41. The van der Waals surface area contributed by atoms with Crippen molar-refractivity contribution in [3.63, 3.8) is 0 Å². The van der Waals surface area contributed by atoms with Gasteiger partial charge in [0, 0.05) is 19.6 Å². The predicted molar refractivity (Wildman–Crippen MR) is 113 cm³/mol. The smallest absolute Gasteiger partial charge is 0.258 e. The summed E-state index contributed by atoms with van der Waals surface area (Å²) in [6, 6.07) is 4.52. The molecule has 0 radical (unpaired) electrons. The second kappa shape index (κ2) is 10.0. The Morgan fingerprint density at radius 1 is 1.21 bits per heavy atom. The summed E-state index contributed by atoms with van der Waals surface area (Å²) in [6.45, 7) is 5.86. The summed E-state index contributed by atoms with van der Waals surface area (Å²) < 4.78 is 16.1. The molecule has 0 spiro atoms. The number of hydrogen-bond donors (Lipinski definition) is 0. The summed E-state index contributed by atoms with van der Waals surface area (Å²) in [5.74, 6) is -0.0702. The highest BCUT2D eigenvalue weighted by atomic mass is 32.2. The van der Waals surface area contributed by atoms with Crippen LogP contribution in [0.1, 0.15) is 25.7 Å². The number of likely N-dealkylation sites (tertiary alicyclic amines) is 1. The van der Waals surface area contributed by atoms with Gasteiger partial charge in [-0.2, -0.15) is 4.99 Å². The standard InChI is InChI=1S/C20H24FN3O2S2/c1-2-9-24-16-8-7-15(21)12-17(16)28-20(24)22-18(25)13-27-14-19(26)23-10-5-3-4-6-11-23/h2,7-8,12H,1,3-6,9-11,13-14H2. The van der Waals surface area contributed by atoms with Crippen LogP contribution < -0.4 is 4.80 Å². The number of halogens is 1. The normalized spacial score (nSPS) is 15.6. The van der Waals surface area contributed by atoms with Crippen molar-refractivity contribution in [1.82, 2.24) is 9.47 Å². The van der Waals surface area contributed by atoms with Gasteiger partial charge in [-0.05, 0) is 31.0 Å². The highest BCUT2D eigenvalue weighted by molar-refractivity contribution is 8.00. The Balaban J connectivity index is 1.64. The topological polar surface area (TPSA) is 54.7 Å². The van der Waals surface area contributed by atoms with Crippen LogP contribution >= 0.6 is 23.1 Å². The third kappa shape index (κ3) is 5.32. The lowest BCUT2D eigenvalue weighted by Crippen LogP contribution is -2.33. The minimum absolute atomic E-state index is 0.0961. The molecule has 150 valence electrons. The second-order valence-corrected chi connectivity index (χ2v) is 8.68. The zero-order valence-electron chi connectivity index (χ0n) is 15.7. The molecule has 1 aliphatic rings. The second-order valence-electron chi connectivity index (χ2n) is 6.69. The van der Waals surface area contributed by atoms with Crippen molar-refractivity contribution in [2.45, 2.75) is 32.2 Å². The van der Waals surface area contributed by atoms with Crippen LogP contribution in [0.5, 0.6) is 0 Å². The van der Waals surface area contributed by atoms with Crippen LogP contribution in [0.15, 0.2) is 35.8 Å². The third-order valence-corrected chi connectivity index (χ3v) is 6.53. The molecule has 1 aliphatic heterocycles. The molecule has 0 unspecified atom stereocenters. The van der Waals surface area contributed by atoms with E-state index in [1.165, 1.54) is 48.1 Å². The van der Waals surface area contributed by atoms with E-state index in [-0.39, 0.29) is 23.4 Å². The molecule has 0 atom stereocenters. The number of thioether (sulfide) groups is 1. The van der Waals surface area contributed by atoms with E-state index in [9.17, 15) is 14.0 Å². The van der Waals surface area contributed by atoms with Gasteiger partial charge in [-0.25, -0.2) is 4.39 Å². The molecular formula is C20H24FN3O2S2. The molecule has 0 bridgehead atoms. The van der Waals surface area contributed by atoms with E-state index in [2.05, 4.69) is 11.6 Å². The van der Waals surface area contributed by atoms with Crippen LogP contribution in [0.25, 0.3) is 10.2 Å². The Bertz CT molecular complexity index is 927. The fourth-order valence-corrected chi connectivity index (χ4v) is 4.99. The first-order chi connectivity index (χ1) is 13.6. The van der Waals surface area contributed by atoms with Crippen molar-refractivity contribution in [1.29, 1.82) is 0 Å². The molecule has 5 nitrogen and oxygen atoms in total. The van der Waals surface area contributed by atoms with Gasteiger partial charge in [0.25, 0.3) is 5.91 Å². The summed E-state index contributed by atoms with van der Waals surface area (Å²) in [5, 5.41) is 0. The first kappa shape index (κ1) is 20.8. The maximum atomic E-state index is 13.5. The minimum atomic E-state index is -0.319. The third-order valence-electron chi connectivity index (χ3n) is 4.59. The molecule has 1 aromatic heterocycles. The number of rotatable bonds is 6. The number of fused-ring (bicyclic) bond motifs is 1. The Labute approximate surface area is 171 Å². The van der Waals surface area contributed by atoms with Crippen molar-refractivity contribution in [2.24, 2.45) is 4.99 Å². The highest BCUT2D eigenvalue weighted by Crippen LogP contribution is 2.19. The largest absolute Gasteiger partial charge is 0.342 e. The quantitative estimate of drug-likeness (QED) is 0.670. The average molecular weight is 422 g/mol. The van der Waals surface area contributed by atoms with E-state index in [1.807, 2.05) is 9.47 Å². The molecule has 1 saturated heterocycles. The van der Waals surface area contributed by atoms with Gasteiger partial charge in [0.2, 0.25) is 5.91 Å². The van der Waals surface area contributed by atoms with Gasteiger partial charge in [0.05, 0.1) is 21.7 Å². The van der Waals surface area contributed by atoms with Crippen molar-refractivity contribution < 1.29 is 14.0 Å². The van der Waals surface area contributed by atoms with Gasteiger partial charge in [-0.1, -0.05) is 30.3 Å². The molecule has 8 heteroatoms. The number of carbonyl (C=O) groups is 2. The number of benzene rings is 1. The summed E-state index contributed by atoms with van der Waals surface area (Å²) in [5.41, 5.74) is 0.821. The molecule has 2 heterocycles. The molecular weight excluding hydrogens is 397 g/mol. The Kier molecular flexibility index (Phi) is 7.44. The summed E-state index contributed by atoms with van der Waals surface area (Å²) in [7, 11) is 0. The number of carbonyl (C=O) groups excluding carboxylic acids is 2. The van der Waals surface area contributed by atoms with E-state index in [4.69, 9.17) is 0 Å². The molecule has 28 heavy (non-hydrogen) atoms. The average Bonchev–Trinajstić information content (AvgIpc) is 2.85. The van der Waals surface area contributed by atoms with E-state index in [1.54, 1.807) is 12.1 Å². The number of hydrogen-bond acceptors (Lipinski definition) is 4. The molecule has 1 fully saturated rings. The summed E-state index contributed by atoms with van der Waals surface area (Å²) in [6.07, 6.45) is 6.19. The van der Waals surface area contributed by atoms with Gasteiger partial charge in [-0.15, -0.1) is 18.3 Å². The fraction of sp³-hybridized carbons (Fsp3) is 0.450. The van der Waals surface area contributed by atoms with Crippen molar-refractivity contribution in [3.05, 3.63) is 41.5 Å². The fourth-order valence-electron chi connectivity index (χ4n) is 3.21. The molecule has 1 aromatic carbocycles. The van der Waals surface area contributed by atoms with E-state index in [0.717, 1.165) is 36.1 Å². The predicted octanol–water partition coefficient (Wildman–Crippen LogP) is 3.59. The van der Waals surface area contributed by atoms with Crippen LogP contribution in [0, 0.1) is 5.82 Å². The maximum Gasteiger partial charge on any atom is 0.258 e. The number of allylic oxidation sites excluding steroid dienone is 1. The summed E-state index contributed by atoms with van der Waals surface area (Å²) >= 11 is 2.57. The van der Waals surface area contributed by atoms with E-state index in [0.29, 0.717) is 17.1 Å². The number of nitrogens with zero attached hydrogens (tertiary/aromatic N) is 3. The van der Waals surface area contributed by atoms with Crippen molar-refractivity contribution >= 4 is 45.1 Å². The maximum absolute atomic E-state index is 13.5. The number of thiazole rings is 1. The Hall–Kier alpha value is -1.93. The molecule has 3 rings (SSSR count). The van der Waals surface area contributed by atoms with E-state index < -0.39 is 0 Å². The Morgan fingerprint density at radius 2 is 1.96 bits per heavy atom. The number of aromatic nitrogens is 1. The highest BCUT2D eigenvalue weighted by Gasteiger charge is 2.16. The van der Waals surface area contributed by atoms with Crippen LogP contribution in [0.4, 0.5) is 4.39 Å². The van der Waals surface area contributed by atoms with Crippen molar-refractivity contribution in [2.75, 3.05) is 24.6 Å². The lowest BCUT2D eigenvalue weighted by molar-refractivity contribution is -0.128. The SMILES string of the molecule is C=CCn1c(=NC(=O)CSCC(=O)N2CCCCCC2)sc2cc(F)ccc21. The Morgan fingerprint density at radius 3 is 2.68 bits per heavy atom. The van der Waals surface area contributed by atoms with Crippen LogP contribution in [0.3, 0.4) is 0 Å². The molecule has 2 amide bonds. The first-order valence-corrected chi connectivity index (χ1v) is 11.4. The van der Waals surface area contributed by atoms with Crippen LogP contribution in [-0.4, -0.2) is 45.9 Å². The number of amides is 2. The lowest BCUT2D eigenvalue weighted by atomic mass is 10.2. The molecule has 0 aliphatic carbocycles. The van der Waals surface area contributed by atoms with Crippen molar-refractivity contribution in [3.8, 4) is 0 Å². The van der Waals surface area contributed by atoms with Gasteiger partial charge in [0.15, 0.2) is 4.80 Å². The summed E-state index contributed by atoms with van der Waals surface area (Å²) in [4.78, 5) is 31.2. The minimum Gasteiger partial charge on any atom is -0.342 e. The monoisotopic (exact) mass is 421 g/mol. The van der Waals surface area contributed by atoms with E-state index >= 15 is 0 Å².